The van der Waals surface area contributed by atoms with Crippen LogP contribution in [0.4, 0.5) is 10.5 Å². The van der Waals surface area contributed by atoms with Gasteiger partial charge in [-0.1, -0.05) is 54.6 Å². The van der Waals surface area contributed by atoms with Crippen molar-refractivity contribution in [2.75, 3.05) is 11.9 Å². The zero-order chi connectivity index (χ0) is 22.9. The van der Waals surface area contributed by atoms with Crippen LogP contribution in [0, 0.1) is 0 Å². The Balaban J connectivity index is 1.36. The Kier molecular flexibility index (Phi) is 5.48. The van der Waals surface area contributed by atoms with Crippen LogP contribution in [0.1, 0.15) is 12.5 Å². The number of aryl methyl sites for hydroxylation is 1. The van der Waals surface area contributed by atoms with Gasteiger partial charge in [-0.3, -0.25) is 19.3 Å². The van der Waals surface area contributed by atoms with Crippen molar-refractivity contribution in [3.05, 3.63) is 83.4 Å². The molecule has 3 aromatic carbocycles. The van der Waals surface area contributed by atoms with Crippen LogP contribution in [0.25, 0.3) is 27.8 Å². The molecule has 1 aromatic heterocycles. The molecule has 2 heterocycles. The summed E-state index contributed by atoms with van der Waals surface area (Å²) in [6.07, 6.45) is 3.72. The molecule has 3 amide bonds. The van der Waals surface area contributed by atoms with E-state index in [9.17, 15) is 14.4 Å². The molecule has 6 nitrogen and oxygen atoms in total. The number of aromatic nitrogens is 1. The highest BCUT2D eigenvalue weighted by atomic mass is 32.2. The predicted molar refractivity (Wildman–Crippen MR) is 133 cm³/mol. The van der Waals surface area contributed by atoms with Gasteiger partial charge < -0.3 is 9.88 Å². The van der Waals surface area contributed by atoms with Gasteiger partial charge in [0.15, 0.2) is 0 Å². The zero-order valence-electron chi connectivity index (χ0n) is 17.9. The minimum Gasteiger partial charge on any atom is -0.347 e. The number of amides is 3. The summed E-state index contributed by atoms with van der Waals surface area (Å²) >= 11 is 0.862. The molecule has 5 rings (SSSR count). The number of para-hydroxylation sites is 1. The van der Waals surface area contributed by atoms with Crippen LogP contribution >= 0.6 is 11.8 Å². The van der Waals surface area contributed by atoms with Gasteiger partial charge >= 0.3 is 0 Å². The lowest BCUT2D eigenvalue weighted by Crippen LogP contribution is -2.36. The van der Waals surface area contributed by atoms with E-state index in [-0.39, 0.29) is 6.54 Å². The smallest absolute Gasteiger partial charge is 0.294 e. The van der Waals surface area contributed by atoms with Gasteiger partial charge in [-0.25, -0.2) is 0 Å². The number of fused-ring (bicyclic) bond motifs is 2. The molecule has 4 aromatic rings. The third-order valence-electron chi connectivity index (χ3n) is 5.69. The fourth-order valence-corrected chi connectivity index (χ4v) is 4.93. The minimum absolute atomic E-state index is 0.317. The second-order valence-electron chi connectivity index (χ2n) is 7.73. The molecule has 0 atom stereocenters. The topological polar surface area (TPSA) is 71.4 Å². The number of hydrogen-bond donors (Lipinski definition) is 1. The Bertz CT molecular complexity index is 1450. The normalized spacial score (nSPS) is 15.2. The molecular weight excluding hydrogens is 434 g/mol. The van der Waals surface area contributed by atoms with Gasteiger partial charge in [0.2, 0.25) is 5.91 Å². The molecule has 1 aliphatic heterocycles. The van der Waals surface area contributed by atoms with Crippen molar-refractivity contribution >= 4 is 62.3 Å². The van der Waals surface area contributed by atoms with E-state index in [4.69, 9.17) is 0 Å². The second kappa shape index (κ2) is 8.60. The highest BCUT2D eigenvalue weighted by Gasteiger charge is 2.36. The number of imide groups is 1. The molecule has 0 radical (unpaired) electrons. The van der Waals surface area contributed by atoms with Crippen molar-refractivity contribution in [3.63, 3.8) is 0 Å². The maximum absolute atomic E-state index is 13.0. The number of carbonyl (C=O) groups excluding carboxylic acids is 3. The van der Waals surface area contributed by atoms with Crippen molar-refractivity contribution in [1.29, 1.82) is 0 Å². The van der Waals surface area contributed by atoms with Gasteiger partial charge in [0.05, 0.1) is 4.91 Å². The highest BCUT2D eigenvalue weighted by Crippen LogP contribution is 2.34. The van der Waals surface area contributed by atoms with Gasteiger partial charge in [-0.05, 0) is 42.3 Å². The van der Waals surface area contributed by atoms with Crippen LogP contribution in [-0.4, -0.2) is 33.1 Å². The number of carbonyl (C=O) groups is 3. The molecule has 1 fully saturated rings. The first kappa shape index (κ1) is 21.0. The zero-order valence-corrected chi connectivity index (χ0v) is 18.8. The molecule has 0 unspecified atom stereocenters. The van der Waals surface area contributed by atoms with Crippen LogP contribution < -0.4 is 5.32 Å². The maximum Gasteiger partial charge on any atom is 0.294 e. The summed E-state index contributed by atoms with van der Waals surface area (Å²) in [5, 5.41) is 5.30. The summed E-state index contributed by atoms with van der Waals surface area (Å²) < 4.78 is 2.10. The fourth-order valence-electron chi connectivity index (χ4n) is 4.10. The summed E-state index contributed by atoms with van der Waals surface area (Å²) in [5.74, 6) is -0.871. The first-order chi connectivity index (χ1) is 16.0. The first-order valence-electron chi connectivity index (χ1n) is 10.7. The van der Waals surface area contributed by atoms with Crippen molar-refractivity contribution in [1.82, 2.24) is 9.47 Å². The van der Waals surface area contributed by atoms with E-state index in [1.54, 1.807) is 12.1 Å². The van der Waals surface area contributed by atoms with Crippen molar-refractivity contribution < 1.29 is 14.4 Å². The summed E-state index contributed by atoms with van der Waals surface area (Å²) in [4.78, 5) is 39.5. The van der Waals surface area contributed by atoms with Gasteiger partial charge in [-0.2, -0.15) is 0 Å². The van der Waals surface area contributed by atoms with Crippen LogP contribution in [0.2, 0.25) is 0 Å². The lowest BCUT2D eigenvalue weighted by atomic mass is 10.1. The van der Waals surface area contributed by atoms with Gasteiger partial charge in [0.1, 0.15) is 6.54 Å². The van der Waals surface area contributed by atoms with E-state index < -0.39 is 17.1 Å². The molecule has 0 saturated carbocycles. The van der Waals surface area contributed by atoms with Crippen molar-refractivity contribution in [3.8, 4) is 0 Å². The molecule has 1 saturated heterocycles. The van der Waals surface area contributed by atoms with E-state index in [1.165, 1.54) is 0 Å². The van der Waals surface area contributed by atoms with Crippen LogP contribution in [0.3, 0.4) is 0 Å². The van der Waals surface area contributed by atoms with Gasteiger partial charge in [0.25, 0.3) is 11.1 Å². The molecule has 1 N–H and O–H groups in total. The van der Waals surface area contributed by atoms with Crippen LogP contribution in [0.15, 0.2) is 77.8 Å². The van der Waals surface area contributed by atoms with Crippen LogP contribution in [-0.2, 0) is 16.1 Å². The second-order valence-corrected chi connectivity index (χ2v) is 8.72. The standard InChI is InChI=1S/C26H21N3O3S/c1-2-28-15-18(20-11-5-6-13-22(20)28)14-23-25(31)29(26(32)33-23)16-24(30)27-21-12-7-9-17-8-3-4-10-19(17)21/h3-15H,2,16H2,1H3,(H,27,30)/b23-14-. The number of nitrogens with one attached hydrogen (secondary N) is 1. The fraction of sp³-hybridized carbons (Fsp3) is 0.115. The number of benzene rings is 3. The van der Waals surface area contributed by atoms with Crippen molar-refractivity contribution in [2.45, 2.75) is 13.5 Å². The average Bonchev–Trinajstić information content (AvgIpc) is 3.31. The third kappa shape index (κ3) is 3.91. The number of hydrogen-bond acceptors (Lipinski definition) is 4. The lowest BCUT2D eigenvalue weighted by molar-refractivity contribution is -0.127. The minimum atomic E-state index is -0.452. The largest absolute Gasteiger partial charge is 0.347 e. The Hall–Kier alpha value is -3.84. The molecule has 7 heteroatoms. The highest BCUT2D eigenvalue weighted by molar-refractivity contribution is 8.18. The molecule has 0 spiro atoms. The molecule has 0 bridgehead atoms. The Labute approximate surface area is 194 Å². The van der Waals surface area contributed by atoms with E-state index in [2.05, 4.69) is 16.8 Å². The quantitative estimate of drug-likeness (QED) is 0.404. The predicted octanol–water partition coefficient (Wildman–Crippen LogP) is 5.49. The third-order valence-corrected chi connectivity index (χ3v) is 6.59. The maximum atomic E-state index is 13.0. The summed E-state index contributed by atoms with van der Waals surface area (Å²) in [5.41, 5.74) is 2.59. The summed E-state index contributed by atoms with van der Waals surface area (Å²) in [6.45, 7) is 2.52. The molecule has 0 aliphatic carbocycles. The number of rotatable bonds is 5. The van der Waals surface area contributed by atoms with E-state index in [1.807, 2.05) is 66.9 Å². The molecular formula is C26H21N3O3S. The lowest BCUT2D eigenvalue weighted by Gasteiger charge is -2.13. The van der Waals surface area contributed by atoms with E-state index >= 15 is 0 Å². The van der Waals surface area contributed by atoms with E-state index in [0.29, 0.717) is 10.6 Å². The Morgan fingerprint density at radius 2 is 1.70 bits per heavy atom. The van der Waals surface area contributed by atoms with Gasteiger partial charge in [0, 0.05) is 40.3 Å². The van der Waals surface area contributed by atoms with Crippen LogP contribution in [0.5, 0.6) is 0 Å². The first-order valence-corrected chi connectivity index (χ1v) is 11.5. The van der Waals surface area contributed by atoms with Crippen molar-refractivity contribution in [2.24, 2.45) is 0 Å². The number of thioether (sulfide) groups is 1. The number of nitrogens with zero attached hydrogens (tertiary/aromatic N) is 2. The number of anilines is 1. The summed E-state index contributed by atoms with van der Waals surface area (Å²) in [6, 6.07) is 21.3. The molecule has 33 heavy (non-hydrogen) atoms. The van der Waals surface area contributed by atoms with Gasteiger partial charge in [-0.15, -0.1) is 0 Å². The molecule has 1 aliphatic rings. The molecule has 164 valence electrons. The average molecular weight is 456 g/mol. The monoisotopic (exact) mass is 455 g/mol. The Morgan fingerprint density at radius 3 is 2.52 bits per heavy atom. The van der Waals surface area contributed by atoms with E-state index in [0.717, 1.165) is 50.4 Å². The summed E-state index contributed by atoms with van der Waals surface area (Å²) in [7, 11) is 0. The SMILES string of the molecule is CCn1cc(/C=C2\SC(=O)N(CC(=O)Nc3cccc4ccccc34)C2=O)c2ccccc21. The Morgan fingerprint density at radius 1 is 0.970 bits per heavy atom.